The number of carbonyl (C=O) groups excluding carboxylic acids is 3. The number of amides is 2. The van der Waals surface area contributed by atoms with Gasteiger partial charge >= 0.3 is 5.97 Å². The molecule has 0 radical (unpaired) electrons. The quantitative estimate of drug-likeness (QED) is 0.0640. The molecule has 2 amide bonds. The van der Waals surface area contributed by atoms with E-state index in [2.05, 4.69) is 20.7 Å². The lowest BCUT2D eigenvalue weighted by Gasteiger charge is -2.26. The average Bonchev–Trinajstić information content (AvgIpc) is 3.84. The molecule has 2 aliphatic heterocycles. The molecule has 2 unspecified atom stereocenters. The van der Waals surface area contributed by atoms with Crippen LogP contribution in [-0.4, -0.2) is 79.1 Å². The summed E-state index contributed by atoms with van der Waals surface area (Å²) >= 11 is 0. The van der Waals surface area contributed by atoms with Gasteiger partial charge in [0.1, 0.15) is 42.3 Å². The number of hydrogen-bond donors (Lipinski definition) is 5. The van der Waals surface area contributed by atoms with Crippen LogP contribution >= 0.6 is 0 Å². The van der Waals surface area contributed by atoms with Crippen molar-refractivity contribution in [2.45, 2.75) is 101 Å². The van der Waals surface area contributed by atoms with Gasteiger partial charge in [-0.15, -0.1) is 0 Å². The number of imide groups is 1. The maximum Gasteiger partial charge on any atom is 0.311 e. The van der Waals surface area contributed by atoms with Crippen LogP contribution in [0.4, 0.5) is 11.5 Å². The first-order chi connectivity index (χ1) is 25.2. The van der Waals surface area contributed by atoms with Gasteiger partial charge in [-0.25, -0.2) is 9.50 Å². The standard InChI is InChI=1S/C37H46N8O7/c1-51-36(50)24(32-31(47)33(48)37(21-38,52-32)29-16-14-27-34(39)41-22-42-45(27)29)12-8-6-4-2-3-5-7-9-18-40-26-13-10-11-23-19-44(20-25(23)26)28-15-17-30(46)43-35(28)49/h10-11,13-14,16,19-20,22,24,28,31-33,40,47-48H,2-9,12,15,17-18H2,1H3,(H2,39,41,42)(H,43,46,49)/t24?,28?,31-,32-,33-,37+/m1/s1. The summed E-state index contributed by atoms with van der Waals surface area (Å²) in [7, 11) is 1.27. The number of aliphatic hydroxyl groups excluding tert-OH is 2. The Morgan fingerprint density at radius 2 is 1.88 bits per heavy atom. The number of hydrogen-bond acceptors (Lipinski definition) is 12. The Hall–Kier alpha value is -5.04. The predicted molar refractivity (Wildman–Crippen MR) is 190 cm³/mol. The molecule has 15 nitrogen and oxygen atoms in total. The fourth-order valence-corrected chi connectivity index (χ4v) is 7.52. The minimum atomic E-state index is -1.99. The van der Waals surface area contributed by atoms with Gasteiger partial charge in [-0.1, -0.05) is 57.1 Å². The molecular weight excluding hydrogens is 668 g/mol. The van der Waals surface area contributed by atoms with E-state index in [-0.39, 0.29) is 29.4 Å². The van der Waals surface area contributed by atoms with Crippen molar-refractivity contribution in [2.24, 2.45) is 5.92 Å². The number of benzene rings is 1. The molecule has 15 heteroatoms. The van der Waals surface area contributed by atoms with Crippen molar-refractivity contribution in [3.05, 3.63) is 54.7 Å². The summed E-state index contributed by atoms with van der Waals surface area (Å²) in [6.07, 6.45) is 9.89. The zero-order valence-corrected chi connectivity index (χ0v) is 29.2. The molecule has 1 aromatic carbocycles. The van der Waals surface area contributed by atoms with Crippen molar-refractivity contribution in [1.29, 1.82) is 5.26 Å². The van der Waals surface area contributed by atoms with E-state index in [1.54, 1.807) is 6.07 Å². The molecule has 2 fully saturated rings. The minimum Gasteiger partial charge on any atom is -0.469 e. The molecule has 5 heterocycles. The second-order valence-corrected chi connectivity index (χ2v) is 13.7. The number of aromatic nitrogens is 4. The number of carbonyl (C=O) groups is 3. The lowest BCUT2D eigenvalue weighted by Crippen LogP contribution is -2.41. The second-order valence-electron chi connectivity index (χ2n) is 13.7. The number of esters is 1. The fourth-order valence-electron chi connectivity index (χ4n) is 7.52. The Kier molecular flexibility index (Phi) is 11.4. The molecule has 3 aromatic heterocycles. The number of nitrogen functional groups attached to an aromatic ring is 1. The third kappa shape index (κ3) is 7.32. The highest BCUT2D eigenvalue weighted by atomic mass is 16.6. The van der Waals surface area contributed by atoms with E-state index in [0.717, 1.165) is 68.0 Å². The minimum absolute atomic E-state index is 0.173. The summed E-state index contributed by atoms with van der Waals surface area (Å²) < 4.78 is 14.4. The van der Waals surface area contributed by atoms with Crippen LogP contribution in [0.3, 0.4) is 0 Å². The Morgan fingerprint density at radius 3 is 2.62 bits per heavy atom. The number of aliphatic hydroxyl groups is 2. The van der Waals surface area contributed by atoms with Gasteiger partial charge < -0.3 is 35.3 Å². The molecule has 2 saturated heterocycles. The van der Waals surface area contributed by atoms with Crippen LogP contribution in [0.1, 0.15) is 82.4 Å². The highest BCUT2D eigenvalue weighted by molar-refractivity contribution is 6.00. The number of rotatable bonds is 16. The van der Waals surface area contributed by atoms with E-state index in [0.29, 0.717) is 31.2 Å². The van der Waals surface area contributed by atoms with Gasteiger partial charge in [0.15, 0.2) is 5.82 Å². The number of ether oxygens (including phenoxy) is 2. The monoisotopic (exact) mass is 714 g/mol. The summed E-state index contributed by atoms with van der Waals surface area (Å²) in [5.74, 6) is -1.77. The third-order valence-corrected chi connectivity index (χ3v) is 10.4. The molecule has 6 atom stereocenters. The van der Waals surface area contributed by atoms with Crippen molar-refractivity contribution in [2.75, 3.05) is 24.7 Å². The summed E-state index contributed by atoms with van der Waals surface area (Å²) in [6.45, 7) is 0.830. The molecular formula is C37H46N8O7. The molecule has 4 aromatic rings. The number of anilines is 2. The zero-order valence-electron chi connectivity index (χ0n) is 29.2. The zero-order chi connectivity index (χ0) is 36.8. The summed E-state index contributed by atoms with van der Waals surface area (Å²) in [5, 5.41) is 44.7. The van der Waals surface area contributed by atoms with Gasteiger partial charge in [0, 0.05) is 41.8 Å². The highest BCUT2D eigenvalue weighted by Gasteiger charge is 2.60. The smallest absolute Gasteiger partial charge is 0.311 e. The fraction of sp³-hybridized carbons (Fsp3) is 0.514. The number of unbranched alkanes of at least 4 members (excludes halogenated alkanes) is 7. The van der Waals surface area contributed by atoms with Gasteiger partial charge in [0.2, 0.25) is 17.4 Å². The summed E-state index contributed by atoms with van der Waals surface area (Å²) in [6, 6.07) is 10.8. The molecule has 2 aliphatic rings. The maximum atomic E-state index is 12.9. The van der Waals surface area contributed by atoms with E-state index >= 15 is 0 Å². The van der Waals surface area contributed by atoms with Crippen LogP contribution in [0.15, 0.2) is 49.1 Å². The van der Waals surface area contributed by atoms with Crippen LogP contribution in [0.2, 0.25) is 0 Å². The van der Waals surface area contributed by atoms with Crippen molar-refractivity contribution < 1.29 is 34.1 Å². The highest BCUT2D eigenvalue weighted by Crippen LogP contribution is 2.43. The average molecular weight is 715 g/mol. The molecule has 0 saturated carbocycles. The van der Waals surface area contributed by atoms with Crippen LogP contribution in [0, 0.1) is 17.2 Å². The predicted octanol–water partition coefficient (Wildman–Crippen LogP) is 3.50. The molecule has 52 heavy (non-hydrogen) atoms. The lowest BCUT2D eigenvalue weighted by molar-refractivity contribution is -0.155. The van der Waals surface area contributed by atoms with Crippen molar-refractivity contribution in [3.63, 3.8) is 0 Å². The van der Waals surface area contributed by atoms with Crippen molar-refractivity contribution in [3.8, 4) is 6.07 Å². The molecule has 276 valence electrons. The van der Waals surface area contributed by atoms with Gasteiger partial charge in [-0.05, 0) is 37.5 Å². The lowest BCUT2D eigenvalue weighted by atomic mass is 9.88. The van der Waals surface area contributed by atoms with E-state index < -0.39 is 35.8 Å². The van der Waals surface area contributed by atoms with Crippen LogP contribution in [0.5, 0.6) is 0 Å². The number of nitrogens with one attached hydrogen (secondary N) is 2. The number of fused-ring (bicyclic) bond motifs is 2. The number of nitriles is 1. The van der Waals surface area contributed by atoms with Gasteiger partial charge in [-0.2, -0.15) is 10.4 Å². The van der Waals surface area contributed by atoms with E-state index in [1.807, 2.05) is 41.2 Å². The maximum absolute atomic E-state index is 12.9. The number of methoxy groups -OCH3 is 1. The first-order valence-electron chi connectivity index (χ1n) is 18.0. The molecule has 0 aliphatic carbocycles. The topological polar surface area (TPSA) is 219 Å². The molecule has 0 bridgehead atoms. The molecule has 0 spiro atoms. The van der Waals surface area contributed by atoms with Crippen LogP contribution in [-0.2, 0) is 29.5 Å². The first kappa shape index (κ1) is 36.7. The van der Waals surface area contributed by atoms with Gasteiger partial charge in [0.05, 0.1) is 18.7 Å². The molecule has 6 rings (SSSR count). The van der Waals surface area contributed by atoms with E-state index in [4.69, 9.17) is 15.2 Å². The third-order valence-electron chi connectivity index (χ3n) is 10.4. The number of nitrogens with two attached hydrogens (primary N) is 1. The van der Waals surface area contributed by atoms with E-state index in [9.17, 15) is 29.9 Å². The van der Waals surface area contributed by atoms with Crippen LogP contribution in [0.25, 0.3) is 16.3 Å². The van der Waals surface area contributed by atoms with Crippen molar-refractivity contribution in [1.82, 2.24) is 24.5 Å². The van der Waals surface area contributed by atoms with Gasteiger partial charge in [0.25, 0.3) is 0 Å². The Morgan fingerprint density at radius 1 is 1.13 bits per heavy atom. The first-order valence-corrected chi connectivity index (χ1v) is 18.0. The van der Waals surface area contributed by atoms with Crippen LogP contribution < -0.4 is 16.4 Å². The Labute approximate surface area is 301 Å². The summed E-state index contributed by atoms with van der Waals surface area (Å²) in [4.78, 5) is 40.7. The normalized spacial score (nSPS) is 23.8. The van der Waals surface area contributed by atoms with Crippen molar-refractivity contribution >= 4 is 45.6 Å². The number of nitrogens with zero attached hydrogens (tertiary/aromatic N) is 5. The number of piperidine rings is 1. The Balaban J connectivity index is 0.921. The Bertz CT molecular complexity index is 1950. The van der Waals surface area contributed by atoms with E-state index in [1.165, 1.54) is 24.0 Å². The second kappa shape index (κ2) is 16.1. The summed E-state index contributed by atoms with van der Waals surface area (Å²) in [5.41, 5.74) is 5.57. The molecule has 6 N–H and O–H groups in total. The SMILES string of the molecule is COC(=O)C(CCCCCCCCCCNc1cccc2cn(C3CCC(=O)NC3=O)cc12)[C@H]1O[C@@](C#N)(c2ccc3c(N)ncnn23)[C@H](O)[C@@H]1O. The van der Waals surface area contributed by atoms with Gasteiger partial charge in [-0.3, -0.25) is 19.7 Å². The largest absolute Gasteiger partial charge is 0.469 e.